The minimum Gasteiger partial charge on any atom is -0.454 e. The van der Waals surface area contributed by atoms with E-state index in [2.05, 4.69) is 40.9 Å². The third-order valence-electron chi connectivity index (χ3n) is 5.10. The molecule has 1 fully saturated rings. The second-order valence-corrected chi connectivity index (χ2v) is 7.90. The fourth-order valence-corrected chi connectivity index (χ4v) is 3.34. The minimum atomic E-state index is 0.359. The molecule has 150 valence electrons. The van der Waals surface area contributed by atoms with Crippen LogP contribution in [0, 0.1) is 23.7 Å². The zero-order chi connectivity index (χ0) is 20.8. The summed E-state index contributed by atoms with van der Waals surface area (Å²) in [5.41, 5.74) is 3.15. The van der Waals surface area contributed by atoms with Gasteiger partial charge in [-0.25, -0.2) is 9.97 Å². The highest BCUT2D eigenvalue weighted by atomic mass is 16.5. The number of rotatable bonds is 7. The Balaban J connectivity index is 1.31. The van der Waals surface area contributed by atoms with E-state index in [0.29, 0.717) is 35.5 Å². The van der Waals surface area contributed by atoms with Gasteiger partial charge in [0.2, 0.25) is 0 Å². The first-order valence-electron chi connectivity index (χ1n) is 10.3. The predicted molar refractivity (Wildman–Crippen MR) is 116 cm³/mol. The molecule has 0 saturated heterocycles. The number of ether oxygens (including phenoxy) is 1. The summed E-state index contributed by atoms with van der Waals surface area (Å²) in [6.45, 7) is 2.16. The second-order valence-electron chi connectivity index (χ2n) is 7.90. The zero-order valence-corrected chi connectivity index (χ0v) is 17.0. The Hall–Kier alpha value is -3.45. The standard InChI is InChI=1S/C26H24N2O2/c1-19(15-26(29)23-10-11-23)14-22-6-4-20(5-7-22)2-3-21-8-12-24(13-9-21)30-25-16-27-18-28-17-25/h4-9,12-13,16-19,23H,10-11,14-15H2,1H3. The van der Waals surface area contributed by atoms with Gasteiger partial charge < -0.3 is 4.74 Å². The summed E-state index contributed by atoms with van der Waals surface area (Å²) in [5, 5.41) is 0. The number of benzene rings is 2. The smallest absolute Gasteiger partial charge is 0.163 e. The van der Waals surface area contributed by atoms with Crippen LogP contribution in [0.15, 0.2) is 67.3 Å². The molecule has 4 rings (SSSR count). The molecule has 0 amide bonds. The highest BCUT2D eigenvalue weighted by Crippen LogP contribution is 2.32. The van der Waals surface area contributed by atoms with E-state index in [0.717, 1.165) is 30.4 Å². The molecule has 4 nitrogen and oxygen atoms in total. The molecule has 1 unspecified atom stereocenters. The second kappa shape index (κ2) is 9.37. The monoisotopic (exact) mass is 396 g/mol. The van der Waals surface area contributed by atoms with Crippen molar-refractivity contribution < 1.29 is 9.53 Å². The zero-order valence-electron chi connectivity index (χ0n) is 17.0. The third-order valence-corrected chi connectivity index (χ3v) is 5.10. The summed E-state index contributed by atoms with van der Waals surface area (Å²) in [6.07, 6.45) is 8.53. The molecule has 3 aromatic rings. The largest absolute Gasteiger partial charge is 0.454 e. The Morgan fingerprint density at radius 2 is 1.57 bits per heavy atom. The first kappa shape index (κ1) is 19.8. The Bertz CT molecular complexity index is 1040. The summed E-state index contributed by atoms with van der Waals surface area (Å²) >= 11 is 0. The van der Waals surface area contributed by atoms with E-state index in [1.165, 1.54) is 11.9 Å². The summed E-state index contributed by atoms with van der Waals surface area (Å²) in [4.78, 5) is 19.8. The number of nitrogens with zero attached hydrogens (tertiary/aromatic N) is 2. The molecule has 4 heteroatoms. The summed E-state index contributed by atoms with van der Waals surface area (Å²) < 4.78 is 5.69. The van der Waals surface area contributed by atoms with Crippen LogP contribution in [0.1, 0.15) is 42.9 Å². The van der Waals surface area contributed by atoms with Gasteiger partial charge in [-0.1, -0.05) is 30.9 Å². The normalized spacial score (nSPS) is 13.8. The molecular formula is C26H24N2O2. The van der Waals surface area contributed by atoms with Crippen LogP contribution in [0.4, 0.5) is 0 Å². The quantitative estimate of drug-likeness (QED) is 0.514. The van der Waals surface area contributed by atoms with E-state index in [4.69, 9.17) is 4.74 Å². The topological polar surface area (TPSA) is 52.1 Å². The molecule has 2 aromatic carbocycles. The maximum Gasteiger partial charge on any atom is 0.163 e. The van der Waals surface area contributed by atoms with Crippen LogP contribution in [0.25, 0.3) is 0 Å². The van der Waals surface area contributed by atoms with Crippen LogP contribution in [-0.2, 0) is 11.2 Å². The highest BCUT2D eigenvalue weighted by molar-refractivity contribution is 5.83. The maximum atomic E-state index is 12.0. The minimum absolute atomic E-state index is 0.359. The van der Waals surface area contributed by atoms with E-state index in [1.54, 1.807) is 12.4 Å². The number of Topliss-reactive ketones (excluding diaryl/α,β-unsaturated/α-hetero) is 1. The molecule has 0 N–H and O–H groups in total. The lowest BCUT2D eigenvalue weighted by atomic mass is 9.94. The maximum absolute atomic E-state index is 12.0. The lowest BCUT2D eigenvalue weighted by molar-refractivity contribution is -0.121. The highest BCUT2D eigenvalue weighted by Gasteiger charge is 2.29. The number of ketones is 1. The first-order valence-corrected chi connectivity index (χ1v) is 10.3. The molecule has 0 spiro atoms. The number of carbonyl (C=O) groups excluding carboxylic acids is 1. The van der Waals surface area contributed by atoms with Crippen LogP contribution in [0.3, 0.4) is 0 Å². The number of hydrogen-bond donors (Lipinski definition) is 0. The number of carbonyl (C=O) groups is 1. The molecule has 1 saturated carbocycles. The fourth-order valence-electron chi connectivity index (χ4n) is 3.34. The molecule has 0 bridgehead atoms. The third kappa shape index (κ3) is 5.78. The molecule has 1 aromatic heterocycles. The van der Waals surface area contributed by atoms with Gasteiger partial charge >= 0.3 is 0 Å². The summed E-state index contributed by atoms with van der Waals surface area (Å²) in [7, 11) is 0. The van der Waals surface area contributed by atoms with Crippen molar-refractivity contribution in [2.24, 2.45) is 11.8 Å². The lowest BCUT2D eigenvalue weighted by Gasteiger charge is -2.10. The fraction of sp³-hybridized carbons (Fsp3) is 0.269. The summed E-state index contributed by atoms with van der Waals surface area (Å²) in [5.74, 6) is 8.89. The van der Waals surface area contributed by atoms with Crippen molar-refractivity contribution in [2.45, 2.75) is 32.6 Å². The molecule has 0 radical (unpaired) electrons. The Kier molecular flexibility index (Phi) is 6.20. The van der Waals surface area contributed by atoms with Crippen molar-refractivity contribution in [3.63, 3.8) is 0 Å². The van der Waals surface area contributed by atoms with Gasteiger partial charge in [0.25, 0.3) is 0 Å². The van der Waals surface area contributed by atoms with Crippen molar-refractivity contribution in [3.05, 3.63) is 83.9 Å². The molecule has 0 aliphatic heterocycles. The van der Waals surface area contributed by atoms with Crippen LogP contribution in [0.5, 0.6) is 11.5 Å². The van der Waals surface area contributed by atoms with Crippen LogP contribution in [-0.4, -0.2) is 15.8 Å². The van der Waals surface area contributed by atoms with Gasteiger partial charge in [-0.2, -0.15) is 0 Å². The first-order chi connectivity index (χ1) is 14.7. The van der Waals surface area contributed by atoms with Crippen LogP contribution < -0.4 is 4.74 Å². The molecule has 30 heavy (non-hydrogen) atoms. The Morgan fingerprint density at radius 3 is 2.17 bits per heavy atom. The van der Waals surface area contributed by atoms with E-state index in [9.17, 15) is 4.79 Å². The lowest BCUT2D eigenvalue weighted by Crippen LogP contribution is -2.09. The van der Waals surface area contributed by atoms with Gasteiger partial charge in [-0.15, -0.1) is 0 Å². The van der Waals surface area contributed by atoms with E-state index in [-0.39, 0.29) is 0 Å². The van der Waals surface area contributed by atoms with Crippen molar-refractivity contribution in [1.29, 1.82) is 0 Å². The van der Waals surface area contributed by atoms with Crippen molar-refractivity contribution in [3.8, 4) is 23.3 Å². The molecule has 1 aliphatic carbocycles. The van der Waals surface area contributed by atoms with Gasteiger partial charge in [0, 0.05) is 23.5 Å². The number of hydrogen-bond acceptors (Lipinski definition) is 4. The average molecular weight is 396 g/mol. The Labute approximate surface area is 177 Å². The van der Waals surface area contributed by atoms with Gasteiger partial charge in [0.15, 0.2) is 5.75 Å². The van der Waals surface area contributed by atoms with E-state index >= 15 is 0 Å². The molecular weight excluding hydrogens is 372 g/mol. The summed E-state index contributed by atoms with van der Waals surface area (Å²) in [6, 6.07) is 15.9. The van der Waals surface area contributed by atoms with Crippen LogP contribution in [0.2, 0.25) is 0 Å². The molecule has 1 atom stereocenters. The SMILES string of the molecule is CC(CC(=O)C1CC1)Cc1ccc(C#Cc2ccc(Oc3cncnc3)cc2)cc1. The van der Waals surface area contributed by atoms with Gasteiger partial charge in [-0.05, 0) is 67.1 Å². The molecule has 1 aliphatic rings. The predicted octanol–water partition coefficient (Wildman–Crippen LogP) is 5.22. The van der Waals surface area contributed by atoms with E-state index in [1.807, 2.05) is 36.4 Å². The number of aromatic nitrogens is 2. The van der Waals surface area contributed by atoms with E-state index < -0.39 is 0 Å². The van der Waals surface area contributed by atoms with Gasteiger partial charge in [-0.3, -0.25) is 4.79 Å². The Morgan fingerprint density at radius 1 is 0.967 bits per heavy atom. The van der Waals surface area contributed by atoms with Gasteiger partial charge in [0.1, 0.15) is 17.9 Å². The van der Waals surface area contributed by atoms with Crippen LogP contribution >= 0.6 is 0 Å². The van der Waals surface area contributed by atoms with Gasteiger partial charge in [0.05, 0.1) is 12.4 Å². The van der Waals surface area contributed by atoms with Crippen molar-refractivity contribution in [2.75, 3.05) is 0 Å². The average Bonchev–Trinajstić information content (AvgIpc) is 3.61. The van der Waals surface area contributed by atoms with Crippen molar-refractivity contribution in [1.82, 2.24) is 9.97 Å². The van der Waals surface area contributed by atoms with Crippen molar-refractivity contribution >= 4 is 5.78 Å². The molecule has 1 heterocycles.